The van der Waals surface area contributed by atoms with Crippen molar-refractivity contribution < 1.29 is 32.9 Å². The molecule has 0 saturated heterocycles. The highest BCUT2D eigenvalue weighted by Gasteiger charge is 2.51. The number of benzene rings is 2. The van der Waals surface area contributed by atoms with Gasteiger partial charge in [-0.15, -0.1) is 11.3 Å². The largest absolute Gasteiger partial charge is 0.477 e. The van der Waals surface area contributed by atoms with Crippen LogP contribution >= 0.6 is 18.9 Å². The maximum atomic E-state index is 16.4. The molecule has 0 bridgehead atoms. The fourth-order valence-corrected chi connectivity index (χ4v) is 5.96. The Balaban J connectivity index is 2.02. The SMILES string of the molecule is CCCOC(=O)C(C)NP(=O)(Oc1ccccc1)C(C)(F)c1ccc2sc(C(=O)O)cc2c1. The summed E-state index contributed by atoms with van der Waals surface area (Å²) in [7, 11) is -4.43. The van der Waals surface area contributed by atoms with Gasteiger partial charge in [0.25, 0.3) is 0 Å². The number of fused-ring (bicyclic) bond motifs is 1. The van der Waals surface area contributed by atoms with Crippen molar-refractivity contribution in [2.24, 2.45) is 0 Å². The third kappa shape index (κ3) is 5.43. The minimum Gasteiger partial charge on any atom is -0.477 e. The zero-order valence-electron chi connectivity index (χ0n) is 18.4. The van der Waals surface area contributed by atoms with Gasteiger partial charge < -0.3 is 14.4 Å². The minimum atomic E-state index is -4.43. The van der Waals surface area contributed by atoms with Gasteiger partial charge in [0.1, 0.15) is 16.7 Å². The van der Waals surface area contributed by atoms with E-state index in [0.29, 0.717) is 16.5 Å². The van der Waals surface area contributed by atoms with E-state index in [1.165, 1.54) is 37.3 Å². The molecular weight excluding hydrogens is 468 g/mol. The molecule has 0 spiro atoms. The number of carboxylic acid groups (broad SMARTS) is 1. The first-order chi connectivity index (χ1) is 15.6. The number of thiophene rings is 1. The lowest BCUT2D eigenvalue weighted by atomic mass is 10.1. The van der Waals surface area contributed by atoms with Crippen molar-refractivity contribution in [1.82, 2.24) is 5.09 Å². The van der Waals surface area contributed by atoms with Crippen LogP contribution in [0.4, 0.5) is 4.39 Å². The third-order valence-electron chi connectivity index (χ3n) is 4.95. The Morgan fingerprint density at radius 3 is 2.55 bits per heavy atom. The monoisotopic (exact) mass is 493 g/mol. The van der Waals surface area contributed by atoms with Crippen molar-refractivity contribution in [3.63, 3.8) is 0 Å². The van der Waals surface area contributed by atoms with Crippen LogP contribution in [0.2, 0.25) is 0 Å². The molecule has 2 N–H and O–H groups in total. The Bertz CT molecular complexity index is 1200. The van der Waals surface area contributed by atoms with E-state index >= 15 is 4.39 Å². The maximum Gasteiger partial charge on any atom is 0.358 e. The molecule has 2 aromatic carbocycles. The Kier molecular flexibility index (Phi) is 7.57. The molecule has 3 aromatic rings. The van der Waals surface area contributed by atoms with Gasteiger partial charge in [-0.3, -0.25) is 9.36 Å². The predicted molar refractivity (Wildman–Crippen MR) is 126 cm³/mol. The number of ether oxygens (including phenoxy) is 1. The number of carboxylic acids is 1. The fourth-order valence-electron chi connectivity index (χ4n) is 3.10. The first-order valence-electron chi connectivity index (χ1n) is 10.3. The van der Waals surface area contributed by atoms with Gasteiger partial charge in [-0.2, -0.15) is 0 Å². The number of para-hydroxylation sites is 1. The molecule has 0 aliphatic heterocycles. The predicted octanol–water partition coefficient (Wildman–Crippen LogP) is 5.95. The van der Waals surface area contributed by atoms with Crippen molar-refractivity contribution >= 4 is 40.9 Å². The van der Waals surface area contributed by atoms with Gasteiger partial charge in [0, 0.05) is 10.3 Å². The Morgan fingerprint density at radius 2 is 1.91 bits per heavy atom. The highest BCUT2D eigenvalue weighted by atomic mass is 32.1. The van der Waals surface area contributed by atoms with E-state index in [0.717, 1.165) is 18.3 Å². The number of halogens is 1. The number of alkyl halides is 1. The van der Waals surface area contributed by atoms with Crippen LogP contribution in [0.1, 0.15) is 42.4 Å². The summed E-state index contributed by atoms with van der Waals surface area (Å²) >= 11 is 1.06. The van der Waals surface area contributed by atoms with E-state index in [-0.39, 0.29) is 22.8 Å². The number of carbonyl (C=O) groups excluding carboxylic acids is 1. The van der Waals surface area contributed by atoms with Crippen LogP contribution in [0.25, 0.3) is 10.1 Å². The summed E-state index contributed by atoms with van der Waals surface area (Å²) in [6.07, 6.45) is 0.608. The highest BCUT2D eigenvalue weighted by Crippen LogP contribution is 2.62. The molecular formula is C23H25FNO6PS. The van der Waals surface area contributed by atoms with Gasteiger partial charge >= 0.3 is 19.5 Å². The molecule has 0 amide bonds. The average molecular weight is 493 g/mol. The second-order valence-electron chi connectivity index (χ2n) is 7.60. The van der Waals surface area contributed by atoms with Gasteiger partial charge in [0.2, 0.25) is 5.41 Å². The lowest BCUT2D eigenvalue weighted by Crippen LogP contribution is -2.39. The number of carbonyl (C=O) groups is 2. The van der Waals surface area contributed by atoms with Crippen LogP contribution in [0, 0.1) is 0 Å². The molecule has 1 heterocycles. The summed E-state index contributed by atoms with van der Waals surface area (Å²) in [5, 5.41) is 9.72. The lowest BCUT2D eigenvalue weighted by Gasteiger charge is -2.33. The van der Waals surface area contributed by atoms with Crippen LogP contribution in [0.5, 0.6) is 5.75 Å². The molecule has 0 radical (unpaired) electrons. The van der Waals surface area contributed by atoms with Crippen LogP contribution < -0.4 is 9.61 Å². The normalized spacial score (nSPS) is 15.9. The van der Waals surface area contributed by atoms with E-state index < -0.39 is 30.9 Å². The van der Waals surface area contributed by atoms with Gasteiger partial charge in [0.15, 0.2) is 0 Å². The van der Waals surface area contributed by atoms with Crippen LogP contribution in [0.3, 0.4) is 0 Å². The summed E-state index contributed by atoms with van der Waals surface area (Å²) in [6, 6.07) is 12.9. The molecule has 10 heteroatoms. The van der Waals surface area contributed by atoms with Crippen molar-refractivity contribution in [3.05, 3.63) is 65.0 Å². The van der Waals surface area contributed by atoms with E-state index in [1.54, 1.807) is 24.3 Å². The number of esters is 1. The maximum absolute atomic E-state index is 16.4. The molecule has 3 unspecified atom stereocenters. The van der Waals surface area contributed by atoms with E-state index in [9.17, 15) is 19.3 Å². The quantitative estimate of drug-likeness (QED) is 0.266. The summed E-state index contributed by atoms with van der Waals surface area (Å²) < 4.78 is 41.9. The van der Waals surface area contributed by atoms with Gasteiger partial charge in [0.05, 0.1) is 6.61 Å². The summed E-state index contributed by atoms with van der Waals surface area (Å²) in [5.74, 6) is -1.60. The van der Waals surface area contributed by atoms with Crippen molar-refractivity contribution in [1.29, 1.82) is 0 Å². The molecule has 0 aliphatic carbocycles. The summed E-state index contributed by atoms with van der Waals surface area (Å²) in [6.45, 7) is 4.56. The van der Waals surface area contributed by atoms with Crippen LogP contribution in [-0.4, -0.2) is 29.7 Å². The molecule has 0 saturated carbocycles. The van der Waals surface area contributed by atoms with Crippen LogP contribution in [-0.2, 0) is 19.5 Å². The van der Waals surface area contributed by atoms with Gasteiger partial charge in [-0.1, -0.05) is 31.2 Å². The first kappa shape index (κ1) is 24.9. The average Bonchev–Trinajstić information content (AvgIpc) is 3.21. The minimum absolute atomic E-state index is 0.0191. The Hall–Kier alpha value is -2.74. The molecule has 176 valence electrons. The van der Waals surface area contributed by atoms with Crippen molar-refractivity contribution in [2.75, 3.05) is 6.61 Å². The number of hydrogen-bond acceptors (Lipinski definition) is 6. The smallest absolute Gasteiger partial charge is 0.358 e. The molecule has 3 atom stereocenters. The summed E-state index contributed by atoms with van der Waals surface area (Å²) in [4.78, 5) is 23.7. The molecule has 1 aromatic heterocycles. The fraction of sp³-hybridized carbons (Fsp3) is 0.304. The first-order valence-corrected chi connectivity index (χ1v) is 12.8. The molecule has 7 nitrogen and oxygen atoms in total. The second kappa shape index (κ2) is 10.0. The third-order valence-corrected chi connectivity index (χ3v) is 8.61. The second-order valence-corrected chi connectivity index (χ2v) is 11.1. The van der Waals surface area contributed by atoms with Gasteiger partial charge in [-0.25, -0.2) is 14.3 Å². The van der Waals surface area contributed by atoms with Crippen molar-refractivity contribution in [3.8, 4) is 5.75 Å². The zero-order chi connectivity index (χ0) is 24.2. The topological polar surface area (TPSA) is 102 Å². The number of aromatic carboxylic acids is 1. The summed E-state index contributed by atoms with van der Waals surface area (Å²) in [5.41, 5.74) is 0.0191. The standard InChI is InChI=1S/C23H25FNO6PS/c1-4-12-30-22(28)15(2)25-32(29,31-18-8-6-5-7-9-18)23(3,24)17-10-11-19-16(13-17)14-20(33-19)21(26)27/h5-11,13-15H,4,12H2,1-3H3,(H,25,29)(H,26,27). The van der Waals surface area contributed by atoms with E-state index in [1.807, 2.05) is 6.92 Å². The molecule has 3 rings (SSSR count). The zero-order valence-corrected chi connectivity index (χ0v) is 20.1. The lowest BCUT2D eigenvalue weighted by molar-refractivity contribution is -0.145. The number of nitrogens with one attached hydrogen (secondary N) is 1. The van der Waals surface area contributed by atoms with E-state index in [4.69, 9.17) is 9.26 Å². The molecule has 33 heavy (non-hydrogen) atoms. The van der Waals surface area contributed by atoms with Gasteiger partial charge in [-0.05, 0) is 56.0 Å². The molecule has 0 fully saturated rings. The number of hydrogen-bond donors (Lipinski definition) is 2. The van der Waals surface area contributed by atoms with Crippen molar-refractivity contribution in [2.45, 2.75) is 38.6 Å². The Labute approximate surface area is 195 Å². The Morgan fingerprint density at radius 1 is 1.21 bits per heavy atom. The molecule has 0 aliphatic rings. The number of rotatable bonds is 10. The highest BCUT2D eigenvalue weighted by molar-refractivity contribution is 7.58. The van der Waals surface area contributed by atoms with E-state index in [2.05, 4.69) is 5.09 Å². The van der Waals surface area contributed by atoms with Crippen LogP contribution in [0.15, 0.2) is 54.6 Å².